The summed E-state index contributed by atoms with van der Waals surface area (Å²) in [5.41, 5.74) is 0. The second kappa shape index (κ2) is 28.7. The zero-order valence-electron chi connectivity index (χ0n) is 31.4. The smallest absolute Gasteiger partial charge is 0.306 e. The number of rotatable bonds is 29. The molecule has 0 spiro atoms. The Kier molecular flexibility index (Phi) is 26.2. The largest absolute Gasteiger partial charge is 0.466 e. The van der Waals surface area contributed by atoms with E-state index in [0.29, 0.717) is 38.1 Å². The summed E-state index contributed by atoms with van der Waals surface area (Å²) in [6, 6.07) is 0.593. The molecule has 0 bridgehead atoms. The number of piperidine rings is 1. The molecule has 9 nitrogen and oxygen atoms in total. The molecule has 1 unspecified atom stereocenters. The molecule has 0 radical (unpaired) electrons. The molecule has 1 aliphatic rings. The summed E-state index contributed by atoms with van der Waals surface area (Å²) in [6.07, 6.45) is 19.3. The Bertz CT molecular complexity index is 865. The SMILES string of the molecule is CCCCCCCCCCCCC1CCCCN1CCCC(=O)O[C@@H](C)[C@@H](OC(=O)CCC)[C@@H](CCOC(=O)CCC)OC(=O)CCC. The van der Waals surface area contributed by atoms with Crippen molar-refractivity contribution < 1.29 is 38.1 Å². The maximum Gasteiger partial charge on any atom is 0.306 e. The van der Waals surface area contributed by atoms with E-state index in [-0.39, 0.29) is 44.2 Å². The van der Waals surface area contributed by atoms with Crippen LogP contribution in [0.15, 0.2) is 0 Å². The third-order valence-corrected chi connectivity index (χ3v) is 9.19. The van der Waals surface area contributed by atoms with Crippen LogP contribution in [0.2, 0.25) is 0 Å². The standard InChI is InChI=1S/C39H71NO8/c1-6-10-11-12-13-14-15-16-17-18-25-33-26-19-20-29-40(33)30-21-27-38(44)46-32(5)39(48-37(43)24-9-4)34(47-36(42)23-8-3)28-31-45-35(41)22-7-2/h32-34,39H,6-31H2,1-5H3/t32-,33?,34+,39+/m0/s1. The average molecular weight is 682 g/mol. The maximum absolute atomic E-state index is 13.0. The lowest BCUT2D eigenvalue weighted by atomic mass is 9.96. The monoisotopic (exact) mass is 682 g/mol. The van der Waals surface area contributed by atoms with Crippen molar-refractivity contribution in [1.29, 1.82) is 0 Å². The molecule has 0 N–H and O–H groups in total. The van der Waals surface area contributed by atoms with E-state index >= 15 is 0 Å². The van der Waals surface area contributed by atoms with Gasteiger partial charge >= 0.3 is 23.9 Å². The van der Waals surface area contributed by atoms with E-state index < -0.39 is 30.3 Å². The Morgan fingerprint density at radius 2 is 1.19 bits per heavy atom. The number of carbonyl (C=O) groups excluding carboxylic acids is 4. The molecule has 0 amide bonds. The first-order valence-electron chi connectivity index (χ1n) is 19.7. The van der Waals surface area contributed by atoms with Crippen LogP contribution in [0, 0.1) is 0 Å². The van der Waals surface area contributed by atoms with Gasteiger partial charge in [-0.3, -0.25) is 19.2 Å². The summed E-state index contributed by atoms with van der Waals surface area (Å²) >= 11 is 0. The van der Waals surface area contributed by atoms with Crippen molar-refractivity contribution >= 4 is 23.9 Å². The third kappa shape index (κ3) is 21.0. The fourth-order valence-electron chi connectivity index (χ4n) is 6.48. The van der Waals surface area contributed by atoms with Crippen molar-refractivity contribution in [1.82, 2.24) is 4.90 Å². The molecule has 280 valence electrons. The number of ether oxygens (including phenoxy) is 4. The highest BCUT2D eigenvalue weighted by Gasteiger charge is 2.36. The first-order valence-corrected chi connectivity index (χ1v) is 19.7. The van der Waals surface area contributed by atoms with Gasteiger partial charge in [0.2, 0.25) is 0 Å². The van der Waals surface area contributed by atoms with Gasteiger partial charge in [-0.2, -0.15) is 0 Å². The normalized spacial score (nSPS) is 16.9. The van der Waals surface area contributed by atoms with Gasteiger partial charge in [-0.15, -0.1) is 0 Å². The van der Waals surface area contributed by atoms with Crippen molar-refractivity contribution in [3.63, 3.8) is 0 Å². The highest BCUT2D eigenvalue weighted by Crippen LogP contribution is 2.24. The van der Waals surface area contributed by atoms with Gasteiger partial charge in [0.15, 0.2) is 6.10 Å². The van der Waals surface area contributed by atoms with Crippen LogP contribution in [-0.2, 0) is 38.1 Å². The Hall–Kier alpha value is -2.16. The lowest BCUT2D eigenvalue weighted by Crippen LogP contribution is -2.45. The minimum atomic E-state index is -1.01. The van der Waals surface area contributed by atoms with Gasteiger partial charge in [0.25, 0.3) is 0 Å². The Morgan fingerprint density at radius 1 is 0.625 bits per heavy atom. The Labute approximate surface area is 292 Å². The van der Waals surface area contributed by atoms with Crippen molar-refractivity contribution in [2.75, 3.05) is 19.7 Å². The summed E-state index contributed by atoms with van der Waals surface area (Å²) in [5, 5.41) is 0. The predicted octanol–water partition coefficient (Wildman–Crippen LogP) is 9.02. The van der Waals surface area contributed by atoms with Crippen LogP contribution in [0.4, 0.5) is 0 Å². The quantitative estimate of drug-likeness (QED) is 0.0434. The molecule has 1 heterocycles. The topological polar surface area (TPSA) is 108 Å². The fourth-order valence-corrected chi connectivity index (χ4v) is 6.48. The van der Waals surface area contributed by atoms with E-state index in [1.165, 1.54) is 89.9 Å². The van der Waals surface area contributed by atoms with Crippen LogP contribution in [0.5, 0.6) is 0 Å². The number of hydrogen-bond donors (Lipinski definition) is 0. The van der Waals surface area contributed by atoms with Crippen LogP contribution in [0.1, 0.15) is 182 Å². The fraction of sp³-hybridized carbons (Fsp3) is 0.897. The van der Waals surface area contributed by atoms with Crippen LogP contribution in [0.3, 0.4) is 0 Å². The van der Waals surface area contributed by atoms with Gasteiger partial charge in [0.05, 0.1) is 6.61 Å². The molecule has 4 atom stereocenters. The lowest BCUT2D eigenvalue weighted by molar-refractivity contribution is -0.186. The summed E-state index contributed by atoms with van der Waals surface area (Å²) in [6.45, 7) is 11.5. The first kappa shape index (κ1) is 43.9. The van der Waals surface area contributed by atoms with E-state index in [1.807, 2.05) is 20.8 Å². The molecule has 1 aliphatic heterocycles. The second-order valence-corrected chi connectivity index (χ2v) is 13.7. The average Bonchev–Trinajstić information content (AvgIpc) is 3.05. The van der Waals surface area contributed by atoms with E-state index in [0.717, 1.165) is 13.1 Å². The molecule has 0 aliphatic carbocycles. The molecule has 0 aromatic carbocycles. The third-order valence-electron chi connectivity index (χ3n) is 9.19. The van der Waals surface area contributed by atoms with E-state index in [1.54, 1.807) is 6.92 Å². The molecule has 0 aromatic heterocycles. The molecule has 0 saturated carbocycles. The molecule has 48 heavy (non-hydrogen) atoms. The van der Waals surface area contributed by atoms with Crippen LogP contribution >= 0.6 is 0 Å². The van der Waals surface area contributed by atoms with Gasteiger partial charge < -0.3 is 23.8 Å². The molecular weight excluding hydrogens is 610 g/mol. The highest BCUT2D eigenvalue weighted by molar-refractivity contribution is 5.71. The second-order valence-electron chi connectivity index (χ2n) is 13.7. The van der Waals surface area contributed by atoms with Crippen molar-refractivity contribution in [2.24, 2.45) is 0 Å². The number of carbonyl (C=O) groups is 4. The number of likely N-dealkylation sites (tertiary alicyclic amines) is 1. The zero-order valence-corrected chi connectivity index (χ0v) is 31.4. The molecule has 9 heteroatoms. The van der Waals surface area contributed by atoms with Crippen molar-refractivity contribution in [3.05, 3.63) is 0 Å². The van der Waals surface area contributed by atoms with Crippen LogP contribution < -0.4 is 0 Å². The summed E-state index contributed by atoms with van der Waals surface area (Å²) in [7, 11) is 0. The van der Waals surface area contributed by atoms with Gasteiger partial charge in [0.1, 0.15) is 12.2 Å². The summed E-state index contributed by atoms with van der Waals surface area (Å²) < 4.78 is 22.6. The number of unbranched alkanes of at least 4 members (excludes halogenated alkanes) is 9. The number of nitrogens with zero attached hydrogens (tertiary/aromatic N) is 1. The van der Waals surface area contributed by atoms with Gasteiger partial charge in [0, 0.05) is 38.1 Å². The number of esters is 4. The predicted molar refractivity (Wildman–Crippen MR) is 191 cm³/mol. The molecule has 0 aromatic rings. The molecule has 1 saturated heterocycles. The summed E-state index contributed by atoms with van der Waals surface area (Å²) in [5.74, 6) is -1.60. The maximum atomic E-state index is 13.0. The van der Waals surface area contributed by atoms with E-state index in [2.05, 4.69) is 11.8 Å². The Balaban J connectivity index is 2.65. The van der Waals surface area contributed by atoms with Crippen LogP contribution in [-0.4, -0.2) is 72.8 Å². The van der Waals surface area contributed by atoms with E-state index in [9.17, 15) is 19.2 Å². The molecule has 1 fully saturated rings. The summed E-state index contributed by atoms with van der Waals surface area (Å²) in [4.78, 5) is 52.6. The van der Waals surface area contributed by atoms with Gasteiger partial charge in [-0.05, 0) is 65.0 Å². The van der Waals surface area contributed by atoms with Crippen molar-refractivity contribution in [2.45, 2.75) is 207 Å². The number of hydrogen-bond acceptors (Lipinski definition) is 9. The first-order chi connectivity index (χ1) is 23.2. The van der Waals surface area contributed by atoms with Crippen molar-refractivity contribution in [3.8, 4) is 0 Å². The Morgan fingerprint density at radius 3 is 1.81 bits per heavy atom. The molecular formula is C39H71NO8. The van der Waals surface area contributed by atoms with Gasteiger partial charge in [-0.25, -0.2) is 0 Å². The zero-order chi connectivity index (χ0) is 35.4. The van der Waals surface area contributed by atoms with Gasteiger partial charge in [-0.1, -0.05) is 98.3 Å². The molecule has 1 rings (SSSR count). The minimum Gasteiger partial charge on any atom is -0.466 e. The van der Waals surface area contributed by atoms with E-state index in [4.69, 9.17) is 18.9 Å². The van der Waals surface area contributed by atoms with Crippen LogP contribution in [0.25, 0.3) is 0 Å². The lowest BCUT2D eigenvalue weighted by Gasteiger charge is -2.36. The highest BCUT2D eigenvalue weighted by atomic mass is 16.6. The minimum absolute atomic E-state index is 0.00151.